The van der Waals surface area contributed by atoms with Crippen LogP contribution in [0.5, 0.6) is 0 Å². The molecular weight excluding hydrogens is 719 g/mol. The average molecular weight is 771 g/mol. The number of amides is 4. The first-order valence-electron chi connectivity index (χ1n) is 19.2. The highest BCUT2D eigenvalue weighted by atomic mass is 19.1. The minimum Gasteiger partial charge on any atom is -0.453 e. The number of methoxy groups -OCH3 is 2. The molecule has 15 heteroatoms. The van der Waals surface area contributed by atoms with Gasteiger partial charge in [-0.25, -0.2) is 34.4 Å². The Hall–Kier alpha value is -5.73. The van der Waals surface area contributed by atoms with Crippen molar-refractivity contribution in [2.45, 2.75) is 90.3 Å². The largest absolute Gasteiger partial charge is 0.453 e. The van der Waals surface area contributed by atoms with E-state index in [0.29, 0.717) is 47.0 Å². The molecule has 2 aromatic heterocycles. The summed E-state index contributed by atoms with van der Waals surface area (Å²) < 4.78 is 25.2. The van der Waals surface area contributed by atoms with Crippen LogP contribution < -0.4 is 10.7 Å². The van der Waals surface area contributed by atoms with E-state index < -0.39 is 30.0 Å². The summed E-state index contributed by atoms with van der Waals surface area (Å²) in [7, 11) is 2.53. The second-order valence-electron chi connectivity index (χ2n) is 15.1. The number of halogens is 1. The molecule has 4 atom stereocenters. The number of rotatable bonds is 10. The van der Waals surface area contributed by atoms with Crippen molar-refractivity contribution in [3.8, 4) is 33.6 Å². The van der Waals surface area contributed by atoms with E-state index in [9.17, 15) is 19.2 Å². The molecular formula is C41H51FN8O6. The molecule has 298 valence electrons. The van der Waals surface area contributed by atoms with E-state index in [4.69, 9.17) is 9.47 Å². The van der Waals surface area contributed by atoms with Crippen molar-refractivity contribution in [1.82, 2.24) is 40.6 Å². The highest BCUT2D eigenvalue weighted by Crippen LogP contribution is 2.39. The minimum atomic E-state index is -0.719. The second-order valence-corrected chi connectivity index (χ2v) is 15.1. The number of nitrogens with one attached hydrogen (secondary N) is 4. The Morgan fingerprint density at radius 1 is 0.821 bits per heavy atom. The van der Waals surface area contributed by atoms with Crippen molar-refractivity contribution in [1.29, 1.82) is 0 Å². The Bertz CT molecular complexity index is 2030. The first kappa shape index (κ1) is 39.9. The van der Waals surface area contributed by atoms with Gasteiger partial charge in [0.15, 0.2) is 0 Å². The van der Waals surface area contributed by atoms with Crippen LogP contribution in [-0.2, 0) is 19.1 Å². The fourth-order valence-corrected chi connectivity index (χ4v) is 7.78. The number of hydrogen-bond acceptors (Lipinski definition) is 8. The third-order valence-electron chi connectivity index (χ3n) is 10.8. The topological polar surface area (TPSA) is 175 Å². The summed E-state index contributed by atoms with van der Waals surface area (Å²) in [5.74, 6) is -0.152. The first-order valence-corrected chi connectivity index (χ1v) is 19.2. The maximum absolute atomic E-state index is 15.7. The number of likely N-dealkylation sites (tertiary alicyclic amines) is 1. The van der Waals surface area contributed by atoms with E-state index in [1.807, 2.05) is 58.0 Å². The van der Waals surface area contributed by atoms with Crippen molar-refractivity contribution < 1.29 is 33.0 Å². The fourth-order valence-electron chi connectivity index (χ4n) is 7.78. The maximum Gasteiger partial charge on any atom is 0.425 e. The van der Waals surface area contributed by atoms with E-state index in [2.05, 4.69) is 30.7 Å². The predicted molar refractivity (Wildman–Crippen MR) is 207 cm³/mol. The van der Waals surface area contributed by atoms with Crippen LogP contribution in [0.2, 0.25) is 0 Å². The molecule has 0 bridgehead atoms. The molecule has 2 aromatic carbocycles. The lowest BCUT2D eigenvalue weighted by atomic mass is 9.78. The van der Waals surface area contributed by atoms with Gasteiger partial charge in [-0.05, 0) is 62.6 Å². The summed E-state index contributed by atoms with van der Waals surface area (Å²) in [5, 5.41) is 4.00. The van der Waals surface area contributed by atoms with E-state index in [1.54, 1.807) is 23.4 Å². The maximum atomic E-state index is 15.7. The lowest BCUT2D eigenvalue weighted by Crippen LogP contribution is -2.53. The molecule has 4 N–H and O–H groups in total. The van der Waals surface area contributed by atoms with Crippen LogP contribution in [0.4, 0.5) is 14.0 Å². The fraction of sp³-hybridized carbons (Fsp3) is 0.463. The van der Waals surface area contributed by atoms with E-state index in [0.717, 1.165) is 43.4 Å². The third-order valence-corrected chi connectivity index (χ3v) is 10.8. The number of benzene rings is 2. The van der Waals surface area contributed by atoms with Crippen LogP contribution >= 0.6 is 0 Å². The predicted octanol–water partition coefficient (Wildman–Crippen LogP) is 7.10. The monoisotopic (exact) mass is 770 g/mol. The Morgan fingerprint density at radius 2 is 1.45 bits per heavy atom. The number of aromatic nitrogens is 4. The van der Waals surface area contributed by atoms with Gasteiger partial charge in [-0.15, -0.1) is 0 Å². The molecule has 1 saturated heterocycles. The van der Waals surface area contributed by atoms with Crippen molar-refractivity contribution in [2.75, 3.05) is 20.8 Å². The van der Waals surface area contributed by atoms with Gasteiger partial charge >= 0.3 is 12.2 Å². The quantitative estimate of drug-likeness (QED) is 0.124. The van der Waals surface area contributed by atoms with Gasteiger partial charge in [-0.3, -0.25) is 9.59 Å². The molecule has 2 aliphatic rings. The molecule has 56 heavy (non-hydrogen) atoms. The minimum absolute atomic E-state index is 0.132. The van der Waals surface area contributed by atoms with Gasteiger partial charge < -0.3 is 29.7 Å². The number of hydrogen-bond donors (Lipinski definition) is 4. The van der Waals surface area contributed by atoms with E-state index >= 15 is 4.39 Å². The number of imidazole rings is 2. The molecule has 0 spiro atoms. The summed E-state index contributed by atoms with van der Waals surface area (Å²) in [6, 6.07) is 11.3. The summed E-state index contributed by atoms with van der Waals surface area (Å²) in [6.45, 7) is 7.97. The summed E-state index contributed by atoms with van der Waals surface area (Å²) >= 11 is 0. The molecule has 3 heterocycles. The first-order chi connectivity index (χ1) is 26.9. The van der Waals surface area contributed by atoms with Crippen LogP contribution in [0.25, 0.3) is 33.6 Å². The lowest BCUT2D eigenvalue weighted by Gasteiger charge is -2.35. The van der Waals surface area contributed by atoms with Crippen molar-refractivity contribution in [3.63, 3.8) is 0 Å². The van der Waals surface area contributed by atoms with Crippen LogP contribution in [-0.4, -0.2) is 86.7 Å². The number of carbonyl (C=O) groups excluding carboxylic acids is 4. The summed E-state index contributed by atoms with van der Waals surface area (Å²) in [4.78, 5) is 68.9. The normalized spacial score (nSPS) is 18.8. The SMILES string of the molecule is COC(=O)N[C@H](C(=O)N1CCC[C@H]1c1ncc(-c2ccc(-c3ccc(-c4cnc(C5CCCCC5C(=O)N(NC(=O)OC)C(C)C)[nH]4)cc3F)cc2)[nH]1)C(C)C. The molecule has 2 fully saturated rings. The van der Waals surface area contributed by atoms with Crippen molar-refractivity contribution in [2.24, 2.45) is 11.8 Å². The highest BCUT2D eigenvalue weighted by Gasteiger charge is 2.39. The van der Waals surface area contributed by atoms with Gasteiger partial charge in [0.25, 0.3) is 0 Å². The van der Waals surface area contributed by atoms with Crippen molar-refractivity contribution >= 4 is 24.0 Å². The van der Waals surface area contributed by atoms with Crippen molar-refractivity contribution in [3.05, 3.63) is 72.3 Å². The molecule has 14 nitrogen and oxygen atoms in total. The van der Waals surface area contributed by atoms with Crippen LogP contribution in [0.3, 0.4) is 0 Å². The van der Waals surface area contributed by atoms with Crippen LogP contribution in [0, 0.1) is 17.7 Å². The number of ether oxygens (including phenoxy) is 2. The third kappa shape index (κ3) is 8.56. The zero-order chi connectivity index (χ0) is 40.1. The number of carbonyl (C=O) groups is 4. The molecule has 1 aliphatic carbocycles. The van der Waals surface area contributed by atoms with Gasteiger partial charge in [-0.1, -0.05) is 63.1 Å². The van der Waals surface area contributed by atoms with Crippen LogP contribution in [0.1, 0.15) is 89.8 Å². The number of aromatic amines is 2. The van der Waals surface area contributed by atoms with Gasteiger partial charge in [0.1, 0.15) is 23.5 Å². The molecule has 4 aromatic rings. The Kier molecular flexibility index (Phi) is 12.4. The zero-order valence-electron chi connectivity index (χ0n) is 32.7. The number of alkyl carbamates (subject to hydrolysis) is 1. The number of hydrazine groups is 1. The van der Waals surface area contributed by atoms with Crippen LogP contribution in [0.15, 0.2) is 54.9 Å². The second kappa shape index (κ2) is 17.4. The van der Waals surface area contributed by atoms with E-state index in [-0.39, 0.29) is 35.7 Å². The Balaban J connectivity index is 1.14. The van der Waals surface area contributed by atoms with Gasteiger partial charge in [0.05, 0.1) is 44.0 Å². The number of nitrogens with zero attached hydrogens (tertiary/aromatic N) is 4. The average Bonchev–Trinajstić information content (AvgIpc) is 4.00. The lowest BCUT2D eigenvalue weighted by molar-refractivity contribution is -0.142. The molecule has 1 saturated carbocycles. The molecule has 4 amide bonds. The van der Waals surface area contributed by atoms with E-state index in [1.165, 1.54) is 25.3 Å². The Labute approximate surface area is 325 Å². The molecule has 6 rings (SSSR count). The van der Waals surface area contributed by atoms with Gasteiger partial charge in [0.2, 0.25) is 11.8 Å². The summed E-state index contributed by atoms with van der Waals surface area (Å²) in [5.41, 5.74) is 6.58. The highest BCUT2D eigenvalue weighted by molar-refractivity contribution is 5.86. The van der Waals surface area contributed by atoms with Gasteiger partial charge in [-0.2, -0.15) is 0 Å². The standard InChI is InChI=1S/C41H51FN8O6/c1-23(2)35(47-40(53)55-5)39(52)49-19-9-12-34(49)37-44-21-32(46-37)26-15-13-25(14-16-26)28-18-17-27(20-31(28)42)33-22-43-36(45-33)29-10-7-8-11-30(29)38(51)50(24(3)4)48-41(54)56-6/h13-18,20-24,29-30,34-35H,7-12,19H2,1-6H3,(H,43,45)(H,44,46)(H,47,53)(H,48,54)/t29?,30?,34-,35-/m0/s1. The number of H-pyrrole nitrogens is 2. The zero-order valence-corrected chi connectivity index (χ0v) is 32.7. The molecule has 2 unspecified atom stereocenters. The smallest absolute Gasteiger partial charge is 0.425 e. The Morgan fingerprint density at radius 3 is 2.11 bits per heavy atom. The summed E-state index contributed by atoms with van der Waals surface area (Å²) in [6.07, 6.45) is 6.85. The molecule has 0 radical (unpaired) electrons. The molecule has 1 aliphatic heterocycles. The van der Waals surface area contributed by atoms with Gasteiger partial charge in [0, 0.05) is 35.5 Å².